The van der Waals surface area contributed by atoms with Crippen LogP contribution in [0.1, 0.15) is 54.3 Å². The monoisotopic (exact) mass is 453 g/mol. The number of urea groups is 1. The van der Waals surface area contributed by atoms with Gasteiger partial charge in [-0.3, -0.25) is 14.5 Å². The van der Waals surface area contributed by atoms with E-state index in [1.54, 1.807) is 11.3 Å². The smallest absolute Gasteiger partial charge is 0.325 e. The molecule has 4 amide bonds. The summed E-state index contributed by atoms with van der Waals surface area (Å²) in [7, 11) is 0. The number of hydrogen-bond acceptors (Lipinski definition) is 5. The highest BCUT2D eigenvalue weighted by Gasteiger charge is 2.52. The van der Waals surface area contributed by atoms with E-state index in [4.69, 9.17) is 0 Å². The summed E-state index contributed by atoms with van der Waals surface area (Å²) in [5.74, 6) is 0.0893. The molecule has 168 valence electrons. The molecule has 1 aliphatic heterocycles. The summed E-state index contributed by atoms with van der Waals surface area (Å²) in [5, 5.41) is 17.3. The molecule has 0 unspecified atom stereocenters. The van der Waals surface area contributed by atoms with Gasteiger partial charge in [0.1, 0.15) is 24.0 Å². The number of amides is 4. The molecule has 32 heavy (non-hydrogen) atoms. The molecule has 0 aromatic carbocycles. The highest BCUT2D eigenvalue weighted by atomic mass is 32.1. The Bertz CT molecular complexity index is 1100. The third-order valence-corrected chi connectivity index (χ3v) is 7.63. The zero-order valence-corrected chi connectivity index (χ0v) is 19.3. The minimum absolute atomic E-state index is 0.327. The maximum atomic E-state index is 13.1. The molecular formula is C23H27N5O3S. The van der Waals surface area contributed by atoms with Gasteiger partial charge in [0.2, 0.25) is 5.91 Å². The number of aromatic nitrogens is 1. The summed E-state index contributed by atoms with van der Waals surface area (Å²) in [6.45, 7) is 6.03. The van der Waals surface area contributed by atoms with Crippen LogP contribution in [0.3, 0.4) is 0 Å². The van der Waals surface area contributed by atoms with Gasteiger partial charge in [-0.15, -0.1) is 11.3 Å². The van der Waals surface area contributed by atoms with Crippen molar-refractivity contribution in [1.29, 1.82) is 5.26 Å². The molecule has 0 atom stereocenters. The zero-order valence-electron chi connectivity index (χ0n) is 18.5. The first kappa shape index (κ1) is 22.1. The second kappa shape index (κ2) is 8.43. The number of nitrogens with zero attached hydrogens (tertiary/aromatic N) is 3. The lowest BCUT2D eigenvalue weighted by atomic mass is 9.77. The van der Waals surface area contributed by atoms with Crippen LogP contribution in [-0.4, -0.2) is 39.4 Å². The number of rotatable bonds is 5. The van der Waals surface area contributed by atoms with Gasteiger partial charge in [-0.25, -0.2) is 4.79 Å². The average Bonchev–Trinajstić information content (AvgIpc) is 3.41. The first-order valence-electron chi connectivity index (χ1n) is 10.8. The number of thiophene rings is 1. The van der Waals surface area contributed by atoms with Gasteiger partial charge in [0, 0.05) is 10.6 Å². The highest BCUT2D eigenvalue weighted by Crippen LogP contribution is 2.36. The van der Waals surface area contributed by atoms with Gasteiger partial charge in [-0.1, -0.05) is 13.0 Å². The van der Waals surface area contributed by atoms with Crippen LogP contribution >= 0.6 is 11.3 Å². The number of nitrogens with one attached hydrogen (secondary N) is 2. The second-order valence-electron chi connectivity index (χ2n) is 8.85. The van der Waals surface area contributed by atoms with E-state index >= 15 is 0 Å². The van der Waals surface area contributed by atoms with Crippen LogP contribution in [-0.2, 0) is 16.1 Å². The lowest BCUT2D eigenvalue weighted by Gasteiger charge is -2.33. The Morgan fingerprint density at radius 1 is 1.34 bits per heavy atom. The summed E-state index contributed by atoms with van der Waals surface area (Å²) in [4.78, 5) is 40.6. The van der Waals surface area contributed by atoms with Gasteiger partial charge < -0.3 is 15.2 Å². The number of carbonyl (C=O) groups is 3. The van der Waals surface area contributed by atoms with E-state index in [9.17, 15) is 19.6 Å². The van der Waals surface area contributed by atoms with E-state index in [1.807, 2.05) is 35.9 Å². The van der Waals surface area contributed by atoms with Crippen molar-refractivity contribution in [2.45, 2.75) is 58.5 Å². The Morgan fingerprint density at radius 3 is 2.69 bits per heavy atom. The van der Waals surface area contributed by atoms with Gasteiger partial charge in [-0.2, -0.15) is 5.26 Å². The Kier molecular flexibility index (Phi) is 5.82. The standard InChI is InChI=1S/C23H27N5O3S/c1-14-6-8-23(9-7-14)21(30)28(22(31)26-23)13-19(29)25-20-18(11-24)15(2)16(3)27(20)12-17-5-4-10-32-17/h4-5,10,14H,6-9,12-13H2,1-3H3,(H,25,29)(H,26,31). The van der Waals surface area contributed by atoms with Crippen molar-refractivity contribution in [2.24, 2.45) is 5.92 Å². The Hall–Kier alpha value is -3.12. The largest absolute Gasteiger partial charge is 0.325 e. The normalized spacial score (nSPS) is 22.8. The predicted octanol–water partition coefficient (Wildman–Crippen LogP) is 3.53. The van der Waals surface area contributed by atoms with E-state index in [0.717, 1.165) is 33.9 Å². The molecule has 2 N–H and O–H groups in total. The molecule has 2 fully saturated rings. The molecule has 2 aromatic rings. The van der Waals surface area contributed by atoms with Crippen molar-refractivity contribution < 1.29 is 14.4 Å². The lowest BCUT2D eigenvalue weighted by Crippen LogP contribution is -2.49. The first-order valence-corrected chi connectivity index (χ1v) is 11.7. The van der Waals surface area contributed by atoms with Gasteiger partial charge in [0.25, 0.3) is 5.91 Å². The van der Waals surface area contributed by atoms with Gasteiger partial charge in [0.15, 0.2) is 0 Å². The van der Waals surface area contributed by atoms with E-state index < -0.39 is 17.5 Å². The summed E-state index contributed by atoms with van der Waals surface area (Å²) >= 11 is 1.59. The zero-order chi connectivity index (χ0) is 23.0. The quantitative estimate of drug-likeness (QED) is 0.675. The average molecular weight is 454 g/mol. The Balaban J connectivity index is 1.53. The molecule has 1 saturated heterocycles. The van der Waals surface area contributed by atoms with Crippen LogP contribution in [0.2, 0.25) is 0 Å². The lowest BCUT2D eigenvalue weighted by molar-refractivity contribution is -0.135. The third kappa shape index (κ3) is 3.79. The fraction of sp³-hybridized carbons (Fsp3) is 0.478. The van der Waals surface area contributed by atoms with E-state index in [1.165, 1.54) is 0 Å². The first-order chi connectivity index (χ1) is 15.3. The van der Waals surface area contributed by atoms with Crippen molar-refractivity contribution in [3.8, 4) is 6.07 Å². The Morgan fingerprint density at radius 2 is 2.06 bits per heavy atom. The second-order valence-corrected chi connectivity index (χ2v) is 9.88. The van der Waals surface area contributed by atoms with Crippen molar-refractivity contribution >= 4 is 35.0 Å². The van der Waals surface area contributed by atoms with Crippen molar-refractivity contribution in [2.75, 3.05) is 11.9 Å². The fourth-order valence-corrected chi connectivity index (χ4v) is 5.31. The van der Waals surface area contributed by atoms with Crippen molar-refractivity contribution in [1.82, 2.24) is 14.8 Å². The third-order valence-electron chi connectivity index (χ3n) is 6.77. The molecule has 1 aliphatic carbocycles. The summed E-state index contributed by atoms with van der Waals surface area (Å²) in [5.41, 5.74) is 1.19. The molecule has 0 bridgehead atoms. The Labute approximate surface area is 191 Å². The molecule has 2 aromatic heterocycles. The van der Waals surface area contributed by atoms with Crippen LogP contribution in [0.25, 0.3) is 0 Å². The molecule has 1 spiro atoms. The van der Waals surface area contributed by atoms with Crippen LogP contribution in [0.5, 0.6) is 0 Å². The van der Waals surface area contributed by atoms with E-state index in [-0.39, 0.29) is 12.5 Å². The number of carbonyl (C=O) groups excluding carboxylic acids is 3. The summed E-state index contributed by atoms with van der Waals surface area (Å²) < 4.78 is 1.90. The van der Waals surface area contributed by atoms with Crippen LogP contribution in [0.15, 0.2) is 17.5 Å². The molecule has 0 radical (unpaired) electrons. The highest BCUT2D eigenvalue weighted by molar-refractivity contribution is 7.09. The van der Waals surface area contributed by atoms with Crippen LogP contribution < -0.4 is 10.6 Å². The minimum atomic E-state index is -0.881. The van der Waals surface area contributed by atoms with E-state index in [2.05, 4.69) is 23.6 Å². The summed E-state index contributed by atoms with van der Waals surface area (Å²) in [6.07, 6.45) is 2.92. The van der Waals surface area contributed by atoms with Crippen LogP contribution in [0.4, 0.5) is 10.6 Å². The molecule has 1 saturated carbocycles. The van der Waals surface area contributed by atoms with Crippen molar-refractivity contribution in [3.63, 3.8) is 0 Å². The number of nitriles is 1. The predicted molar refractivity (Wildman–Crippen MR) is 121 cm³/mol. The number of anilines is 1. The maximum Gasteiger partial charge on any atom is 0.325 e. The number of hydrogen-bond donors (Lipinski definition) is 2. The molecule has 2 aliphatic rings. The van der Waals surface area contributed by atoms with Gasteiger partial charge >= 0.3 is 6.03 Å². The fourth-order valence-electron chi connectivity index (χ4n) is 4.62. The molecular weight excluding hydrogens is 426 g/mol. The minimum Gasteiger partial charge on any atom is -0.325 e. The molecule has 3 heterocycles. The molecule has 8 nitrogen and oxygen atoms in total. The van der Waals surface area contributed by atoms with Crippen molar-refractivity contribution in [3.05, 3.63) is 39.2 Å². The van der Waals surface area contributed by atoms with E-state index in [0.29, 0.717) is 36.7 Å². The molecule has 4 rings (SSSR count). The number of imide groups is 1. The summed E-state index contributed by atoms with van der Waals surface area (Å²) in [6, 6.07) is 5.60. The van der Waals surface area contributed by atoms with Crippen LogP contribution in [0, 0.1) is 31.1 Å². The van der Waals surface area contributed by atoms with Gasteiger partial charge in [-0.05, 0) is 62.5 Å². The topological polar surface area (TPSA) is 107 Å². The van der Waals surface area contributed by atoms with Gasteiger partial charge in [0.05, 0.1) is 12.1 Å². The SMILES string of the molecule is Cc1c(C#N)c(NC(=O)CN2C(=O)NC3(CCC(C)CC3)C2=O)n(Cc2cccs2)c1C. The molecule has 9 heteroatoms. The maximum absolute atomic E-state index is 13.1.